The molecule has 0 bridgehead atoms. The van der Waals surface area contributed by atoms with Crippen LogP contribution in [0.1, 0.15) is 22.8 Å². The lowest BCUT2D eigenvalue weighted by Crippen LogP contribution is -2.37. The summed E-state index contributed by atoms with van der Waals surface area (Å²) in [7, 11) is 0. The third-order valence-electron chi connectivity index (χ3n) is 5.83. The number of ether oxygens (including phenoxy) is 2. The van der Waals surface area contributed by atoms with Gasteiger partial charge in [-0.1, -0.05) is 36.4 Å². The Labute approximate surface area is 196 Å². The second kappa shape index (κ2) is 9.03. The lowest BCUT2D eigenvalue weighted by Gasteiger charge is -2.23. The molecule has 2 N–H and O–H groups in total. The van der Waals surface area contributed by atoms with Crippen molar-refractivity contribution in [2.24, 2.45) is 0 Å². The number of carbonyl (C=O) groups is 1. The first kappa shape index (κ1) is 22.9. The summed E-state index contributed by atoms with van der Waals surface area (Å²) in [4.78, 5) is 18.4. The number of halogens is 4. The maximum atomic E-state index is 14.3. The Kier molecular flexibility index (Phi) is 5.89. The van der Waals surface area contributed by atoms with Crippen molar-refractivity contribution in [1.29, 1.82) is 0 Å². The van der Waals surface area contributed by atoms with E-state index in [2.05, 4.69) is 15.3 Å². The molecule has 1 aliphatic carbocycles. The maximum Gasteiger partial charge on any atom is 0.490 e. The van der Waals surface area contributed by atoms with Crippen LogP contribution in [0.5, 0.6) is 11.5 Å². The summed E-state index contributed by atoms with van der Waals surface area (Å²) in [6, 6.07) is 16.1. The number of H-pyrrole nitrogens is 1. The topological polar surface area (TPSA) is 76.2 Å². The molecule has 5 rings (SSSR count). The van der Waals surface area contributed by atoms with Gasteiger partial charge in [-0.25, -0.2) is 14.2 Å². The van der Waals surface area contributed by atoms with E-state index in [-0.39, 0.29) is 5.75 Å². The quantitative estimate of drug-likeness (QED) is 0.284. The molecule has 2 atom stereocenters. The van der Waals surface area contributed by atoms with Gasteiger partial charge in [-0.2, -0.15) is 13.2 Å². The Hall–Kier alpha value is -3.92. The molecule has 0 aliphatic heterocycles. The average molecular weight is 485 g/mol. The van der Waals surface area contributed by atoms with E-state index in [9.17, 15) is 22.4 Å². The van der Waals surface area contributed by atoms with Crippen molar-refractivity contribution in [3.8, 4) is 11.5 Å². The zero-order chi connectivity index (χ0) is 24.6. The maximum absolute atomic E-state index is 14.3. The van der Waals surface area contributed by atoms with Crippen LogP contribution in [0.4, 0.5) is 17.6 Å². The van der Waals surface area contributed by atoms with Gasteiger partial charge in [-0.3, -0.25) is 0 Å². The summed E-state index contributed by atoms with van der Waals surface area (Å²) in [6.07, 6.45) is -4.24. The van der Waals surface area contributed by atoms with Crippen LogP contribution in [0.3, 0.4) is 0 Å². The number of hydrogen-bond acceptors (Lipinski definition) is 5. The van der Waals surface area contributed by atoms with Crippen molar-refractivity contribution in [1.82, 2.24) is 15.3 Å². The average Bonchev–Trinajstić information content (AvgIpc) is 3.42. The van der Waals surface area contributed by atoms with Gasteiger partial charge in [0.15, 0.2) is 11.6 Å². The Morgan fingerprint density at radius 2 is 1.89 bits per heavy atom. The van der Waals surface area contributed by atoms with Crippen molar-refractivity contribution in [2.75, 3.05) is 0 Å². The lowest BCUT2D eigenvalue weighted by atomic mass is 10.1. The first-order valence-corrected chi connectivity index (χ1v) is 10.8. The molecule has 0 fully saturated rings. The molecule has 4 aromatic rings. The zero-order valence-electron chi connectivity index (χ0n) is 18.1. The second-order valence-corrected chi connectivity index (χ2v) is 8.16. The fourth-order valence-electron chi connectivity index (χ4n) is 4.13. The van der Waals surface area contributed by atoms with Gasteiger partial charge in [0.1, 0.15) is 11.9 Å². The predicted molar refractivity (Wildman–Crippen MR) is 118 cm³/mol. The van der Waals surface area contributed by atoms with Crippen LogP contribution in [-0.4, -0.2) is 28.2 Å². The minimum Gasteiger partial charge on any atom is -0.454 e. The van der Waals surface area contributed by atoms with Crippen molar-refractivity contribution in [3.63, 3.8) is 0 Å². The molecule has 10 heteroatoms. The molecule has 0 saturated heterocycles. The smallest absolute Gasteiger partial charge is 0.454 e. The minimum absolute atomic E-state index is 0.0469. The molecule has 180 valence electrons. The Morgan fingerprint density at radius 3 is 2.66 bits per heavy atom. The van der Waals surface area contributed by atoms with Gasteiger partial charge in [-0.15, -0.1) is 0 Å². The molecule has 1 aromatic heterocycles. The summed E-state index contributed by atoms with van der Waals surface area (Å²) >= 11 is 0. The number of aromatic nitrogens is 2. The van der Waals surface area contributed by atoms with Crippen molar-refractivity contribution in [3.05, 3.63) is 89.5 Å². The molecule has 3 aromatic carbocycles. The Bertz CT molecular complexity index is 1370. The molecular weight excluding hydrogens is 466 g/mol. The summed E-state index contributed by atoms with van der Waals surface area (Å²) in [5.41, 5.74) is 3.33. The minimum atomic E-state index is -5.07. The van der Waals surface area contributed by atoms with Gasteiger partial charge in [0, 0.05) is 18.7 Å². The van der Waals surface area contributed by atoms with Gasteiger partial charge in [0.05, 0.1) is 23.4 Å². The molecule has 0 amide bonds. The number of imidazole rings is 1. The van der Waals surface area contributed by atoms with Gasteiger partial charge in [0.2, 0.25) is 0 Å². The summed E-state index contributed by atoms with van der Waals surface area (Å²) < 4.78 is 63.2. The molecule has 1 heterocycles. The molecule has 35 heavy (non-hydrogen) atoms. The zero-order valence-corrected chi connectivity index (χ0v) is 18.1. The van der Waals surface area contributed by atoms with Crippen LogP contribution in [0.25, 0.3) is 11.0 Å². The van der Waals surface area contributed by atoms with Crippen LogP contribution in [0, 0.1) is 5.82 Å². The Balaban J connectivity index is 1.25. The van der Waals surface area contributed by atoms with E-state index >= 15 is 0 Å². The first-order chi connectivity index (χ1) is 16.8. The number of esters is 1. The number of hydrogen-bond donors (Lipinski definition) is 2. The number of benzene rings is 3. The van der Waals surface area contributed by atoms with E-state index in [4.69, 9.17) is 9.47 Å². The van der Waals surface area contributed by atoms with Gasteiger partial charge in [0.25, 0.3) is 0 Å². The van der Waals surface area contributed by atoms with Gasteiger partial charge >= 0.3 is 12.1 Å². The standard InChI is InChI=1S/C25H19F4N3O3/c26-18-10-19-20(32-13-31-19)11-22(18)34-16-7-5-14(6-8-16)12-30-21-9-15-3-1-2-4-17(15)23(21)35-24(33)25(27,28)29/h1-8,10-11,13,21,23,30H,9,12H2,(H,31,32). The fourth-order valence-corrected chi connectivity index (χ4v) is 4.13. The van der Waals surface area contributed by atoms with Gasteiger partial charge in [-0.05, 0) is 35.2 Å². The van der Waals surface area contributed by atoms with Crippen LogP contribution in [0.15, 0.2) is 67.0 Å². The summed E-state index contributed by atoms with van der Waals surface area (Å²) in [5.74, 6) is -2.30. The number of nitrogens with zero attached hydrogens (tertiary/aromatic N) is 1. The largest absolute Gasteiger partial charge is 0.490 e. The Morgan fingerprint density at radius 1 is 1.11 bits per heavy atom. The number of alkyl halides is 3. The molecule has 1 aliphatic rings. The fraction of sp³-hybridized carbons (Fsp3) is 0.200. The number of rotatable bonds is 6. The number of carbonyl (C=O) groups excluding carboxylic acids is 1. The van der Waals surface area contributed by atoms with Crippen molar-refractivity contribution in [2.45, 2.75) is 31.3 Å². The summed E-state index contributed by atoms with van der Waals surface area (Å²) in [5, 5.41) is 3.19. The van der Waals surface area contributed by atoms with E-state index in [1.165, 1.54) is 18.5 Å². The SMILES string of the molecule is O=C(OC1c2ccccc2CC1NCc1ccc(Oc2cc3[nH]cnc3cc2F)cc1)C(F)(F)F. The van der Waals surface area contributed by atoms with Crippen molar-refractivity contribution < 1.29 is 31.8 Å². The molecular formula is C25H19F4N3O3. The van der Waals surface area contributed by atoms with E-state index in [1.54, 1.807) is 48.5 Å². The van der Waals surface area contributed by atoms with Crippen molar-refractivity contribution >= 4 is 17.0 Å². The molecule has 2 unspecified atom stereocenters. The third kappa shape index (κ3) is 4.83. The monoisotopic (exact) mass is 485 g/mol. The lowest BCUT2D eigenvalue weighted by molar-refractivity contribution is -0.206. The predicted octanol–water partition coefficient (Wildman–Crippen LogP) is 5.36. The first-order valence-electron chi connectivity index (χ1n) is 10.8. The van der Waals surface area contributed by atoms with E-state index in [0.717, 1.165) is 11.1 Å². The number of nitrogens with one attached hydrogen (secondary N) is 2. The highest BCUT2D eigenvalue weighted by atomic mass is 19.4. The highest BCUT2D eigenvalue weighted by Gasteiger charge is 2.45. The van der Waals surface area contributed by atoms with Crippen LogP contribution in [0.2, 0.25) is 0 Å². The molecule has 0 spiro atoms. The number of aromatic amines is 1. The molecule has 0 saturated carbocycles. The molecule has 6 nitrogen and oxygen atoms in total. The van der Waals surface area contributed by atoms with Crippen LogP contribution in [-0.2, 0) is 22.5 Å². The van der Waals surface area contributed by atoms with E-state index in [0.29, 0.717) is 35.3 Å². The van der Waals surface area contributed by atoms with Crippen LogP contribution < -0.4 is 10.1 Å². The molecule has 0 radical (unpaired) electrons. The van der Waals surface area contributed by atoms with Gasteiger partial charge < -0.3 is 19.8 Å². The highest BCUT2D eigenvalue weighted by molar-refractivity contribution is 5.77. The number of fused-ring (bicyclic) bond motifs is 2. The van der Waals surface area contributed by atoms with E-state index < -0.39 is 30.1 Å². The normalized spacial score (nSPS) is 17.4. The second-order valence-electron chi connectivity index (χ2n) is 8.16. The van der Waals surface area contributed by atoms with E-state index in [1.807, 2.05) is 0 Å². The summed E-state index contributed by atoms with van der Waals surface area (Å²) in [6.45, 7) is 0.313. The van der Waals surface area contributed by atoms with Crippen LogP contribution >= 0.6 is 0 Å². The highest BCUT2D eigenvalue weighted by Crippen LogP contribution is 2.36. The third-order valence-corrected chi connectivity index (χ3v) is 5.83.